The Morgan fingerprint density at radius 2 is 1.80 bits per heavy atom. The molecule has 3 rings (SSSR count). The van der Waals surface area contributed by atoms with Crippen molar-refractivity contribution in [3.63, 3.8) is 0 Å². The van der Waals surface area contributed by atoms with Crippen LogP contribution in [0.15, 0.2) is 42.5 Å². The first-order valence-electron chi connectivity index (χ1n) is 10.0. The van der Waals surface area contributed by atoms with E-state index in [4.69, 9.17) is 5.73 Å². The molecule has 1 aliphatic rings. The summed E-state index contributed by atoms with van der Waals surface area (Å²) in [6.45, 7) is 4.70. The van der Waals surface area contributed by atoms with Gasteiger partial charge in [-0.3, -0.25) is 9.59 Å². The van der Waals surface area contributed by atoms with Crippen LogP contribution in [0.3, 0.4) is 0 Å². The second kappa shape index (κ2) is 8.92. The summed E-state index contributed by atoms with van der Waals surface area (Å²) in [4.78, 5) is 26.7. The van der Waals surface area contributed by atoms with E-state index in [2.05, 4.69) is 5.32 Å². The maximum atomic E-state index is 13.7. The molecule has 0 radical (unpaired) electrons. The van der Waals surface area contributed by atoms with E-state index < -0.39 is 17.5 Å². The molecule has 3 N–H and O–H groups in total. The molecule has 0 unspecified atom stereocenters. The predicted molar refractivity (Wildman–Crippen MR) is 112 cm³/mol. The van der Waals surface area contributed by atoms with Gasteiger partial charge in [0.15, 0.2) is 0 Å². The van der Waals surface area contributed by atoms with Crippen molar-refractivity contribution in [2.45, 2.75) is 33.2 Å². The van der Waals surface area contributed by atoms with Crippen molar-refractivity contribution < 1.29 is 18.4 Å². The number of hydrogen-bond acceptors (Lipinski definition) is 3. The van der Waals surface area contributed by atoms with E-state index in [0.29, 0.717) is 18.8 Å². The minimum Gasteiger partial charge on any atom is -0.334 e. The molecule has 30 heavy (non-hydrogen) atoms. The maximum absolute atomic E-state index is 13.7. The maximum Gasteiger partial charge on any atom is 0.254 e. The summed E-state index contributed by atoms with van der Waals surface area (Å²) in [6, 6.07) is 10.0. The third kappa shape index (κ3) is 5.86. The first kappa shape index (κ1) is 21.9. The van der Waals surface area contributed by atoms with E-state index in [-0.39, 0.29) is 29.3 Å². The van der Waals surface area contributed by atoms with Crippen LogP contribution < -0.4 is 11.1 Å². The van der Waals surface area contributed by atoms with E-state index in [1.807, 2.05) is 26.0 Å². The van der Waals surface area contributed by atoms with Gasteiger partial charge in [0.25, 0.3) is 5.91 Å². The van der Waals surface area contributed by atoms with Crippen molar-refractivity contribution in [1.29, 1.82) is 0 Å². The van der Waals surface area contributed by atoms with E-state index in [9.17, 15) is 18.4 Å². The molecule has 5 nitrogen and oxygen atoms in total. The molecule has 2 amide bonds. The first-order valence-corrected chi connectivity index (χ1v) is 10.0. The minimum absolute atomic E-state index is 0.000386. The van der Waals surface area contributed by atoms with Gasteiger partial charge in [0.1, 0.15) is 11.6 Å². The fraction of sp³-hybridized carbons (Fsp3) is 0.391. The average Bonchev–Trinajstić information content (AvgIpc) is 3.51. The molecule has 0 bridgehead atoms. The van der Waals surface area contributed by atoms with Gasteiger partial charge in [0.2, 0.25) is 5.91 Å². The summed E-state index contributed by atoms with van der Waals surface area (Å²) in [7, 11) is 0. The van der Waals surface area contributed by atoms with E-state index in [1.54, 1.807) is 12.1 Å². The quantitative estimate of drug-likeness (QED) is 0.686. The number of nitrogens with one attached hydrogen (secondary N) is 1. The van der Waals surface area contributed by atoms with Gasteiger partial charge < -0.3 is 16.0 Å². The van der Waals surface area contributed by atoms with Crippen LogP contribution in [0.2, 0.25) is 0 Å². The zero-order valence-electron chi connectivity index (χ0n) is 17.3. The summed E-state index contributed by atoms with van der Waals surface area (Å²) in [5, 5.41) is 2.89. The lowest BCUT2D eigenvalue weighted by atomic mass is 9.92. The number of nitrogens with two attached hydrogens (primary N) is 1. The van der Waals surface area contributed by atoms with Gasteiger partial charge in [-0.15, -0.1) is 0 Å². The summed E-state index contributed by atoms with van der Waals surface area (Å²) in [5.41, 5.74) is 6.85. The lowest BCUT2D eigenvalue weighted by Crippen LogP contribution is -2.41. The number of amides is 2. The highest BCUT2D eigenvalue weighted by Crippen LogP contribution is 2.30. The van der Waals surface area contributed by atoms with Crippen molar-refractivity contribution in [2.24, 2.45) is 17.1 Å². The van der Waals surface area contributed by atoms with E-state index in [1.165, 1.54) is 4.90 Å². The molecule has 2 aromatic carbocycles. The van der Waals surface area contributed by atoms with Crippen molar-refractivity contribution in [3.8, 4) is 0 Å². The van der Waals surface area contributed by atoms with Crippen molar-refractivity contribution in [1.82, 2.24) is 4.90 Å². The number of carbonyl (C=O) groups excluding carboxylic acids is 2. The van der Waals surface area contributed by atoms with Gasteiger partial charge in [-0.25, -0.2) is 8.78 Å². The Labute approximate surface area is 175 Å². The molecule has 2 aromatic rings. The molecule has 160 valence electrons. The molecule has 0 spiro atoms. The number of rotatable bonds is 8. The van der Waals surface area contributed by atoms with Crippen LogP contribution in [-0.4, -0.2) is 29.8 Å². The summed E-state index contributed by atoms with van der Waals surface area (Å²) >= 11 is 0. The number of halogens is 2. The van der Waals surface area contributed by atoms with Gasteiger partial charge >= 0.3 is 0 Å². The molecule has 0 aromatic heterocycles. The zero-order valence-corrected chi connectivity index (χ0v) is 17.3. The number of benzene rings is 2. The van der Waals surface area contributed by atoms with Crippen molar-refractivity contribution in [2.75, 3.05) is 18.4 Å². The lowest BCUT2D eigenvalue weighted by Gasteiger charge is -2.32. The highest BCUT2D eigenvalue weighted by atomic mass is 19.1. The molecular weight excluding hydrogens is 388 g/mol. The summed E-state index contributed by atoms with van der Waals surface area (Å²) in [6.07, 6.45) is 1.82. The van der Waals surface area contributed by atoms with Gasteiger partial charge in [-0.1, -0.05) is 26.0 Å². The smallest absolute Gasteiger partial charge is 0.254 e. The molecule has 0 aliphatic heterocycles. The summed E-state index contributed by atoms with van der Waals surface area (Å²) < 4.78 is 27.3. The minimum atomic E-state index is -0.804. The van der Waals surface area contributed by atoms with Crippen LogP contribution in [0.4, 0.5) is 14.5 Å². The van der Waals surface area contributed by atoms with Crippen LogP contribution >= 0.6 is 0 Å². The number of anilines is 1. The lowest BCUT2D eigenvalue weighted by molar-refractivity contribution is -0.117. The predicted octanol–water partition coefficient (Wildman–Crippen LogP) is 3.94. The molecule has 1 saturated carbocycles. The number of hydrogen-bond donors (Lipinski definition) is 2. The second-order valence-corrected chi connectivity index (χ2v) is 8.65. The second-order valence-electron chi connectivity index (χ2n) is 8.65. The standard InChI is InChI=1S/C23H27F2N3O2/c1-23(2,13-26)14-28(22(30)17-9-18(24)11-19(25)10-17)12-15-4-3-5-20(8-15)27-21(29)16-6-7-16/h3-5,8-11,16H,6-7,12-14,26H2,1-2H3,(H,27,29). The van der Waals surface area contributed by atoms with Gasteiger partial charge in [-0.05, 0) is 54.6 Å². The molecule has 0 heterocycles. The normalized spacial score (nSPS) is 13.8. The highest BCUT2D eigenvalue weighted by molar-refractivity contribution is 5.95. The van der Waals surface area contributed by atoms with Crippen LogP contribution in [0, 0.1) is 23.0 Å². The molecular formula is C23H27F2N3O2. The van der Waals surface area contributed by atoms with Crippen LogP contribution in [-0.2, 0) is 11.3 Å². The molecule has 0 atom stereocenters. The first-order chi connectivity index (χ1) is 14.2. The number of nitrogens with zero attached hydrogens (tertiary/aromatic N) is 1. The van der Waals surface area contributed by atoms with Gasteiger partial charge in [-0.2, -0.15) is 0 Å². The Bertz CT molecular complexity index is 922. The van der Waals surface area contributed by atoms with E-state index >= 15 is 0 Å². The molecule has 7 heteroatoms. The Balaban J connectivity index is 1.83. The van der Waals surface area contributed by atoms with Crippen molar-refractivity contribution in [3.05, 3.63) is 65.2 Å². The SMILES string of the molecule is CC(C)(CN)CN(Cc1cccc(NC(=O)C2CC2)c1)C(=O)c1cc(F)cc(F)c1. The largest absolute Gasteiger partial charge is 0.334 e. The Hall–Kier alpha value is -2.80. The van der Waals surface area contributed by atoms with Crippen LogP contribution in [0.1, 0.15) is 42.6 Å². The van der Waals surface area contributed by atoms with E-state index in [0.717, 1.165) is 36.6 Å². The topological polar surface area (TPSA) is 75.4 Å². The Kier molecular flexibility index (Phi) is 6.51. The third-order valence-electron chi connectivity index (χ3n) is 5.08. The Morgan fingerprint density at radius 3 is 2.40 bits per heavy atom. The fourth-order valence-corrected chi connectivity index (χ4v) is 3.20. The van der Waals surface area contributed by atoms with Crippen molar-refractivity contribution >= 4 is 17.5 Å². The zero-order chi connectivity index (χ0) is 21.9. The average molecular weight is 415 g/mol. The molecule has 1 fully saturated rings. The third-order valence-corrected chi connectivity index (χ3v) is 5.08. The fourth-order valence-electron chi connectivity index (χ4n) is 3.20. The number of carbonyl (C=O) groups is 2. The van der Waals surface area contributed by atoms with Crippen LogP contribution in [0.5, 0.6) is 0 Å². The monoisotopic (exact) mass is 415 g/mol. The van der Waals surface area contributed by atoms with Gasteiger partial charge in [0, 0.05) is 36.3 Å². The van der Waals surface area contributed by atoms with Gasteiger partial charge in [0.05, 0.1) is 0 Å². The molecule has 1 aliphatic carbocycles. The summed E-state index contributed by atoms with van der Waals surface area (Å²) in [5.74, 6) is -2.01. The molecule has 0 saturated heterocycles. The Morgan fingerprint density at radius 1 is 1.13 bits per heavy atom. The highest BCUT2D eigenvalue weighted by Gasteiger charge is 2.30. The van der Waals surface area contributed by atoms with Crippen LogP contribution in [0.25, 0.3) is 0 Å².